The fraction of sp³-hybridized carbons (Fsp3) is 0.542. The Labute approximate surface area is 200 Å². The SMILES string of the molecule is CCCc1cnc(N2CCC(N3CCC[C@H](Nc4ccc(S(C)(=O)=O)cc4F)C3=O)CC2)nc1. The normalized spacial score (nSPS) is 20.0. The van der Waals surface area contributed by atoms with Crippen molar-refractivity contribution >= 4 is 27.4 Å². The number of halogens is 1. The topological polar surface area (TPSA) is 95.5 Å². The summed E-state index contributed by atoms with van der Waals surface area (Å²) >= 11 is 0. The molecule has 0 aliphatic carbocycles. The van der Waals surface area contributed by atoms with Crippen molar-refractivity contribution in [2.24, 2.45) is 0 Å². The first kappa shape index (κ1) is 24.4. The van der Waals surface area contributed by atoms with Gasteiger partial charge in [0.15, 0.2) is 9.84 Å². The van der Waals surface area contributed by atoms with Crippen LogP contribution < -0.4 is 10.2 Å². The van der Waals surface area contributed by atoms with Gasteiger partial charge in [-0.05, 0) is 55.9 Å². The number of sulfone groups is 1. The summed E-state index contributed by atoms with van der Waals surface area (Å²) in [6, 6.07) is 3.35. The molecule has 4 rings (SSSR count). The maximum atomic E-state index is 14.5. The number of carbonyl (C=O) groups excluding carboxylic acids is 1. The molecule has 1 atom stereocenters. The molecule has 1 aromatic carbocycles. The number of hydrogen-bond donors (Lipinski definition) is 1. The van der Waals surface area contributed by atoms with Crippen LogP contribution in [0.25, 0.3) is 0 Å². The first-order valence-corrected chi connectivity index (χ1v) is 13.8. The third-order valence-corrected chi connectivity index (χ3v) is 7.70. The van der Waals surface area contributed by atoms with Crippen molar-refractivity contribution < 1.29 is 17.6 Å². The highest BCUT2D eigenvalue weighted by molar-refractivity contribution is 7.90. The Morgan fingerprint density at radius 2 is 1.82 bits per heavy atom. The highest BCUT2D eigenvalue weighted by Gasteiger charge is 2.35. The molecule has 34 heavy (non-hydrogen) atoms. The van der Waals surface area contributed by atoms with Crippen LogP contribution in [0, 0.1) is 5.82 Å². The second-order valence-electron chi connectivity index (χ2n) is 9.14. The molecule has 10 heteroatoms. The van der Waals surface area contributed by atoms with Crippen molar-refractivity contribution in [2.75, 3.05) is 36.1 Å². The number of nitrogens with zero attached hydrogens (tertiary/aromatic N) is 4. The monoisotopic (exact) mass is 489 g/mol. The largest absolute Gasteiger partial charge is 0.371 e. The Morgan fingerprint density at radius 1 is 1.12 bits per heavy atom. The van der Waals surface area contributed by atoms with Crippen LogP contribution in [0.4, 0.5) is 16.0 Å². The average Bonchev–Trinajstić information content (AvgIpc) is 2.82. The molecule has 1 N–H and O–H groups in total. The smallest absolute Gasteiger partial charge is 0.245 e. The predicted octanol–water partition coefficient (Wildman–Crippen LogP) is 3.04. The number of aryl methyl sites for hydroxylation is 1. The van der Waals surface area contributed by atoms with Crippen molar-refractivity contribution in [1.82, 2.24) is 14.9 Å². The fourth-order valence-electron chi connectivity index (χ4n) is 4.73. The highest BCUT2D eigenvalue weighted by atomic mass is 32.2. The van der Waals surface area contributed by atoms with Crippen LogP contribution >= 0.6 is 0 Å². The molecule has 2 saturated heterocycles. The van der Waals surface area contributed by atoms with Crippen molar-refractivity contribution in [2.45, 2.75) is 62.4 Å². The number of rotatable bonds is 7. The first-order valence-electron chi connectivity index (χ1n) is 11.9. The third-order valence-electron chi connectivity index (χ3n) is 6.59. The molecule has 2 aliphatic rings. The number of carbonyl (C=O) groups is 1. The summed E-state index contributed by atoms with van der Waals surface area (Å²) < 4.78 is 37.8. The Bertz CT molecular complexity index is 1120. The lowest BCUT2D eigenvalue weighted by atomic mass is 9.97. The minimum absolute atomic E-state index is 0.0311. The summed E-state index contributed by atoms with van der Waals surface area (Å²) in [5.74, 6) is 0.0263. The molecule has 8 nitrogen and oxygen atoms in total. The Morgan fingerprint density at radius 3 is 2.44 bits per heavy atom. The van der Waals surface area contributed by atoms with E-state index in [0.717, 1.165) is 69.0 Å². The van der Waals surface area contributed by atoms with Crippen LogP contribution in [0.2, 0.25) is 0 Å². The molecule has 0 spiro atoms. The van der Waals surface area contributed by atoms with Crippen molar-refractivity contribution in [3.8, 4) is 0 Å². The van der Waals surface area contributed by atoms with Crippen LogP contribution in [0.3, 0.4) is 0 Å². The maximum Gasteiger partial charge on any atom is 0.245 e. The van der Waals surface area contributed by atoms with E-state index < -0.39 is 21.7 Å². The second kappa shape index (κ2) is 10.2. The van der Waals surface area contributed by atoms with Gasteiger partial charge in [0.2, 0.25) is 11.9 Å². The highest BCUT2D eigenvalue weighted by Crippen LogP contribution is 2.27. The van der Waals surface area contributed by atoms with Gasteiger partial charge in [0.1, 0.15) is 11.9 Å². The van der Waals surface area contributed by atoms with Gasteiger partial charge in [0.25, 0.3) is 0 Å². The molecule has 1 aromatic heterocycles. The molecule has 184 valence electrons. The van der Waals surface area contributed by atoms with E-state index in [1.807, 2.05) is 17.3 Å². The van der Waals surface area contributed by atoms with E-state index in [9.17, 15) is 17.6 Å². The van der Waals surface area contributed by atoms with Crippen LogP contribution in [-0.4, -0.2) is 67.2 Å². The lowest BCUT2D eigenvalue weighted by Gasteiger charge is -2.42. The van der Waals surface area contributed by atoms with Crippen LogP contribution in [0.5, 0.6) is 0 Å². The second-order valence-corrected chi connectivity index (χ2v) is 11.2. The molecule has 0 unspecified atom stereocenters. The quantitative estimate of drug-likeness (QED) is 0.639. The Balaban J connectivity index is 1.36. The zero-order valence-corrected chi connectivity index (χ0v) is 20.5. The van der Waals surface area contributed by atoms with Gasteiger partial charge in [-0.25, -0.2) is 22.8 Å². The van der Waals surface area contributed by atoms with E-state index in [0.29, 0.717) is 13.0 Å². The number of anilines is 2. The average molecular weight is 490 g/mol. The molecular formula is C24H32FN5O3S. The molecule has 0 radical (unpaired) electrons. The first-order chi connectivity index (χ1) is 16.3. The van der Waals surface area contributed by atoms with Crippen molar-refractivity contribution in [3.05, 3.63) is 42.0 Å². The van der Waals surface area contributed by atoms with E-state index in [4.69, 9.17) is 0 Å². The van der Waals surface area contributed by atoms with Gasteiger partial charge < -0.3 is 15.1 Å². The fourth-order valence-corrected chi connectivity index (χ4v) is 5.37. The van der Waals surface area contributed by atoms with Gasteiger partial charge in [-0.3, -0.25) is 4.79 Å². The third kappa shape index (κ3) is 5.48. The lowest BCUT2D eigenvalue weighted by molar-refractivity contribution is -0.137. The summed E-state index contributed by atoms with van der Waals surface area (Å²) in [6.07, 6.45) is 9.96. The van der Waals surface area contributed by atoms with Gasteiger partial charge in [0.05, 0.1) is 10.6 Å². The van der Waals surface area contributed by atoms with E-state index >= 15 is 0 Å². The lowest BCUT2D eigenvalue weighted by Crippen LogP contribution is -2.54. The Kier molecular flexibility index (Phi) is 7.35. The Hall–Kier alpha value is -2.75. The van der Waals surface area contributed by atoms with Crippen molar-refractivity contribution in [1.29, 1.82) is 0 Å². The molecule has 2 aromatic rings. The summed E-state index contributed by atoms with van der Waals surface area (Å²) in [6.45, 7) is 4.38. The van der Waals surface area contributed by atoms with Crippen LogP contribution in [0.15, 0.2) is 35.5 Å². The van der Waals surface area contributed by atoms with E-state index in [2.05, 4.69) is 27.1 Å². The summed E-state index contributed by atoms with van der Waals surface area (Å²) in [5.41, 5.74) is 1.28. The summed E-state index contributed by atoms with van der Waals surface area (Å²) in [7, 11) is -3.49. The molecule has 2 fully saturated rings. The van der Waals surface area contributed by atoms with Gasteiger partial charge in [-0.15, -0.1) is 0 Å². The number of likely N-dealkylation sites (tertiary alicyclic amines) is 1. The molecule has 3 heterocycles. The summed E-state index contributed by atoms with van der Waals surface area (Å²) in [5, 5.41) is 3.01. The number of aromatic nitrogens is 2. The van der Waals surface area contributed by atoms with Gasteiger partial charge in [-0.2, -0.15) is 0 Å². The van der Waals surface area contributed by atoms with Crippen LogP contribution in [0.1, 0.15) is 44.6 Å². The standard InChI is InChI=1S/C24H32FN5O3S/c1-3-5-17-15-26-24(27-16-17)29-12-9-18(10-13-29)30-11-4-6-22(23(30)31)28-21-8-7-19(14-20(21)25)34(2,32)33/h7-8,14-16,18,22,28H,3-6,9-13H2,1-2H3/t22-/m0/s1. The number of piperidine rings is 2. The molecule has 0 bridgehead atoms. The molecule has 0 saturated carbocycles. The number of nitrogens with one attached hydrogen (secondary N) is 1. The number of amides is 1. The van der Waals surface area contributed by atoms with Gasteiger partial charge in [-0.1, -0.05) is 13.3 Å². The zero-order chi connectivity index (χ0) is 24.3. The van der Waals surface area contributed by atoms with Crippen molar-refractivity contribution in [3.63, 3.8) is 0 Å². The predicted molar refractivity (Wildman–Crippen MR) is 129 cm³/mol. The molecule has 2 aliphatic heterocycles. The number of benzene rings is 1. The van der Waals surface area contributed by atoms with Gasteiger partial charge >= 0.3 is 0 Å². The molecular weight excluding hydrogens is 457 g/mol. The van der Waals surface area contributed by atoms with Crippen LogP contribution in [-0.2, 0) is 21.1 Å². The number of hydrogen-bond acceptors (Lipinski definition) is 7. The minimum atomic E-state index is -3.49. The molecule has 1 amide bonds. The van der Waals surface area contributed by atoms with E-state index in [1.54, 1.807) is 0 Å². The van der Waals surface area contributed by atoms with Gasteiger partial charge in [0, 0.05) is 44.3 Å². The van der Waals surface area contributed by atoms with E-state index in [-0.39, 0.29) is 22.5 Å². The maximum absolute atomic E-state index is 14.5. The van der Waals surface area contributed by atoms with E-state index in [1.165, 1.54) is 12.1 Å². The summed E-state index contributed by atoms with van der Waals surface area (Å²) in [4.78, 5) is 26.3. The zero-order valence-electron chi connectivity index (χ0n) is 19.7. The minimum Gasteiger partial charge on any atom is -0.371 e.